The molecule has 5 amide bonds. The molecule has 0 aromatic heterocycles. The number of hydrogen-bond acceptors (Lipinski definition) is 18. The minimum Gasteiger partial charge on any atom is -0.463 e. The van der Waals surface area contributed by atoms with Gasteiger partial charge in [0.1, 0.15) is 49.3 Å². The molecule has 10 atom stereocenters. The van der Waals surface area contributed by atoms with Crippen molar-refractivity contribution >= 4 is 41.3 Å². The number of aliphatic hydroxyl groups excluding tert-OH is 6. The maximum atomic E-state index is 12.6. The third kappa shape index (κ3) is 22.4. The molecule has 374 valence electrons. The van der Waals surface area contributed by atoms with Gasteiger partial charge in [0.2, 0.25) is 41.6 Å². The second-order valence-electron chi connectivity index (χ2n) is 16.1. The van der Waals surface area contributed by atoms with Gasteiger partial charge in [-0.2, -0.15) is 0 Å². The minimum atomic E-state index is -2.04. The number of esters is 1. The van der Waals surface area contributed by atoms with E-state index in [4.69, 9.17) is 24.1 Å². The standard InChI is InChI=1S/C42H74N6O17/c1-3-26(43-2)39-36(58)37(59)40(41(61)64-39)65-42-38(60)35(57)34(56)27(63-42)25-62-33(55)18-17-32(54)48-22-10-5-9-21-46-29(51)14-13-28(50)44-19-7-4-8-20-45-30(52)15-16-31(53)47-23-11-6-12-24-49/h26-27,34-37,39-43,49,56-59,61H,3-25H2,1-2H3,(H,44,50)(H,45,52)(H,46,51)(H,47,53)(H,48,54)/t26-,27?,34?,35?,36?,37?,39?,40?,41?,42?/m1/s1. The largest absolute Gasteiger partial charge is 0.463 e. The van der Waals surface area contributed by atoms with E-state index in [1.165, 1.54) is 0 Å². The van der Waals surface area contributed by atoms with Gasteiger partial charge in [0.05, 0.1) is 6.42 Å². The molecule has 23 nitrogen and oxygen atoms in total. The van der Waals surface area contributed by atoms with Crippen LogP contribution in [-0.2, 0) is 52.5 Å². The van der Waals surface area contributed by atoms with Crippen LogP contribution in [0.1, 0.15) is 110 Å². The van der Waals surface area contributed by atoms with Crippen LogP contribution in [0.2, 0.25) is 0 Å². The van der Waals surface area contributed by atoms with E-state index < -0.39 is 85.6 Å². The van der Waals surface area contributed by atoms with Crippen molar-refractivity contribution in [3.63, 3.8) is 0 Å². The summed E-state index contributed by atoms with van der Waals surface area (Å²) in [5.41, 5.74) is 0. The van der Waals surface area contributed by atoms with Gasteiger partial charge in [-0.15, -0.1) is 0 Å². The third-order valence-corrected chi connectivity index (χ3v) is 10.9. The van der Waals surface area contributed by atoms with Gasteiger partial charge in [-0.3, -0.25) is 33.6 Å². The molecule has 9 unspecified atom stereocenters. The Labute approximate surface area is 379 Å². The van der Waals surface area contributed by atoms with Gasteiger partial charge in [-0.05, 0) is 71.3 Å². The first-order valence-electron chi connectivity index (χ1n) is 22.8. The van der Waals surface area contributed by atoms with E-state index in [0.717, 1.165) is 25.7 Å². The van der Waals surface area contributed by atoms with Crippen molar-refractivity contribution < 1.29 is 83.1 Å². The summed E-state index contributed by atoms with van der Waals surface area (Å²) in [6.07, 6.45) is -8.33. The topological polar surface area (TPSA) is 350 Å². The van der Waals surface area contributed by atoms with Crippen LogP contribution in [0.4, 0.5) is 0 Å². The molecule has 2 fully saturated rings. The molecule has 0 radical (unpaired) electrons. The zero-order chi connectivity index (χ0) is 48.1. The van der Waals surface area contributed by atoms with Gasteiger partial charge in [0, 0.05) is 77.5 Å². The third-order valence-electron chi connectivity index (χ3n) is 10.9. The number of amides is 5. The number of hydrogen-bond donors (Lipinski definition) is 12. The average Bonchev–Trinajstić information content (AvgIpc) is 3.28. The van der Waals surface area contributed by atoms with Crippen LogP contribution in [0.3, 0.4) is 0 Å². The van der Waals surface area contributed by atoms with E-state index in [-0.39, 0.29) is 68.8 Å². The number of ether oxygens (including phenoxy) is 4. The van der Waals surface area contributed by atoms with Crippen LogP contribution in [0.5, 0.6) is 0 Å². The fourth-order valence-corrected chi connectivity index (χ4v) is 6.92. The molecule has 2 rings (SSSR count). The number of Topliss-reactive ketones (excluding diaryl/α,β-unsaturated/α-hetero) is 1. The Balaban J connectivity index is 1.49. The van der Waals surface area contributed by atoms with Gasteiger partial charge in [0.15, 0.2) is 6.29 Å². The number of ketones is 1. The van der Waals surface area contributed by atoms with Crippen molar-refractivity contribution in [2.75, 3.05) is 53.0 Å². The predicted octanol–water partition coefficient (Wildman–Crippen LogP) is -3.21. The number of rotatable bonds is 33. The van der Waals surface area contributed by atoms with Crippen LogP contribution >= 0.6 is 0 Å². The molecule has 12 N–H and O–H groups in total. The lowest BCUT2D eigenvalue weighted by Gasteiger charge is -2.45. The van der Waals surface area contributed by atoms with Crippen LogP contribution in [0.15, 0.2) is 0 Å². The maximum Gasteiger partial charge on any atom is 0.306 e. The normalized spacial score (nSPS) is 24.7. The number of likely N-dealkylation sites (N-methyl/N-ethyl adjacent to an activating group) is 1. The molecule has 2 aliphatic rings. The van der Waals surface area contributed by atoms with Crippen molar-refractivity contribution in [3.8, 4) is 0 Å². The maximum absolute atomic E-state index is 12.6. The summed E-state index contributed by atoms with van der Waals surface area (Å²) in [7, 11) is 1.61. The van der Waals surface area contributed by atoms with Crippen LogP contribution in [0.25, 0.3) is 0 Å². The predicted molar refractivity (Wildman–Crippen MR) is 229 cm³/mol. The molecule has 2 saturated heterocycles. The molecule has 0 aliphatic carbocycles. The molecule has 0 spiro atoms. The minimum absolute atomic E-state index is 0.0401. The lowest BCUT2D eigenvalue weighted by molar-refractivity contribution is -0.331. The molecule has 0 aromatic carbocycles. The van der Waals surface area contributed by atoms with Gasteiger partial charge >= 0.3 is 5.97 Å². The highest BCUT2D eigenvalue weighted by Crippen LogP contribution is 2.29. The summed E-state index contributed by atoms with van der Waals surface area (Å²) in [6, 6.07) is -0.434. The summed E-state index contributed by atoms with van der Waals surface area (Å²) in [5.74, 6) is -3.26. The Bertz CT molecular complexity index is 1460. The number of nitrogens with one attached hydrogen (secondary N) is 6. The first-order valence-corrected chi connectivity index (χ1v) is 22.8. The first-order chi connectivity index (χ1) is 31.1. The fraction of sp³-hybridized carbons (Fsp3) is 0.833. The quantitative estimate of drug-likeness (QED) is 0.0228. The highest BCUT2D eigenvalue weighted by molar-refractivity contribution is 5.87. The molecular weight excluding hydrogens is 860 g/mol. The molecule has 0 aromatic rings. The molecule has 0 bridgehead atoms. The van der Waals surface area contributed by atoms with E-state index in [0.29, 0.717) is 71.2 Å². The second kappa shape index (κ2) is 32.7. The van der Waals surface area contributed by atoms with Crippen molar-refractivity contribution in [2.24, 2.45) is 0 Å². The van der Waals surface area contributed by atoms with Crippen LogP contribution in [-0.4, -0.2) is 186 Å². The Hall–Kier alpha value is -3.91. The van der Waals surface area contributed by atoms with Crippen molar-refractivity contribution in [2.45, 2.75) is 171 Å². The molecule has 23 heteroatoms. The van der Waals surface area contributed by atoms with E-state index >= 15 is 0 Å². The Kier molecular flexibility index (Phi) is 28.8. The van der Waals surface area contributed by atoms with E-state index in [2.05, 4.69) is 31.9 Å². The number of unbranched alkanes of at least 4 members (excludes halogenated alkanes) is 6. The Morgan fingerprint density at radius 3 is 1.45 bits per heavy atom. The van der Waals surface area contributed by atoms with Crippen LogP contribution < -0.4 is 31.9 Å². The Morgan fingerprint density at radius 2 is 1.03 bits per heavy atom. The smallest absolute Gasteiger partial charge is 0.306 e. The zero-order valence-corrected chi connectivity index (χ0v) is 37.7. The molecule has 65 heavy (non-hydrogen) atoms. The molecule has 2 aliphatic heterocycles. The average molecular weight is 935 g/mol. The fourth-order valence-electron chi connectivity index (χ4n) is 6.92. The summed E-state index contributed by atoms with van der Waals surface area (Å²) in [6.45, 7) is 3.46. The lowest BCUT2D eigenvalue weighted by Crippen LogP contribution is -2.65. The van der Waals surface area contributed by atoms with E-state index in [1.54, 1.807) is 14.0 Å². The van der Waals surface area contributed by atoms with E-state index in [1.807, 2.05) is 0 Å². The van der Waals surface area contributed by atoms with Gasteiger partial charge in [-0.25, -0.2) is 0 Å². The summed E-state index contributed by atoms with van der Waals surface area (Å²) >= 11 is 0. The summed E-state index contributed by atoms with van der Waals surface area (Å²) < 4.78 is 21.4. The Morgan fingerprint density at radius 1 is 0.600 bits per heavy atom. The molecular formula is C42H74N6O17. The van der Waals surface area contributed by atoms with Gasteiger partial charge in [-0.1, -0.05) is 6.92 Å². The SMILES string of the molecule is CC[C@@H](NC)C1OC(O)C(OC2OC(COC(=O)CCC(=O)NCCCCCNC(=O)CCC(=O)NCCCCCNC(=O)CCC(=O)NCCCCCO)C(O)C(O)C2=O)C(O)C1O. The summed E-state index contributed by atoms with van der Waals surface area (Å²) in [4.78, 5) is 85.2. The molecule has 2 heterocycles. The number of aliphatic hydroxyl groups is 6. The second-order valence-corrected chi connectivity index (χ2v) is 16.1. The summed E-state index contributed by atoms with van der Waals surface area (Å²) in [5, 5.41) is 77.9. The highest BCUT2D eigenvalue weighted by atomic mass is 16.7. The lowest BCUT2D eigenvalue weighted by atomic mass is 9.92. The van der Waals surface area contributed by atoms with E-state index in [9.17, 15) is 59.1 Å². The molecule has 0 saturated carbocycles. The van der Waals surface area contributed by atoms with Crippen molar-refractivity contribution in [1.82, 2.24) is 31.9 Å². The highest BCUT2D eigenvalue weighted by Gasteiger charge is 2.51. The van der Waals surface area contributed by atoms with Crippen LogP contribution in [0, 0.1) is 0 Å². The first kappa shape index (κ1) is 57.2. The number of carbonyl (C=O) groups is 7. The monoisotopic (exact) mass is 935 g/mol. The van der Waals surface area contributed by atoms with Gasteiger partial charge < -0.3 is 81.5 Å². The van der Waals surface area contributed by atoms with Crippen molar-refractivity contribution in [3.05, 3.63) is 0 Å². The van der Waals surface area contributed by atoms with Crippen molar-refractivity contribution in [1.29, 1.82) is 0 Å². The zero-order valence-electron chi connectivity index (χ0n) is 37.7. The number of carbonyl (C=O) groups excluding carboxylic acids is 7. The van der Waals surface area contributed by atoms with Gasteiger partial charge in [0.25, 0.3) is 0 Å².